The van der Waals surface area contributed by atoms with Crippen LogP contribution in [-0.2, 0) is 4.79 Å². The Labute approximate surface area is 92.6 Å². The van der Waals surface area contributed by atoms with Gasteiger partial charge in [0.05, 0.1) is 0 Å². The fraction of sp³-hybridized carbons (Fsp3) is 0.909. The van der Waals surface area contributed by atoms with Crippen molar-refractivity contribution < 1.29 is 4.79 Å². The second kappa shape index (κ2) is 6.80. The summed E-state index contributed by atoms with van der Waals surface area (Å²) in [7, 11) is 4.21. The van der Waals surface area contributed by atoms with Gasteiger partial charge in [-0.25, -0.2) is 0 Å². The van der Waals surface area contributed by atoms with Crippen LogP contribution in [0.3, 0.4) is 0 Å². The molecule has 88 valence electrons. The van der Waals surface area contributed by atoms with Crippen molar-refractivity contribution in [2.75, 3.05) is 46.8 Å². The van der Waals surface area contributed by atoms with E-state index in [0.717, 1.165) is 39.1 Å². The lowest BCUT2D eigenvalue weighted by Crippen LogP contribution is -2.39. The molecule has 0 bridgehead atoms. The molecular formula is C11H23N3O. The summed E-state index contributed by atoms with van der Waals surface area (Å²) >= 11 is 0. The Kier molecular flexibility index (Phi) is 5.65. The van der Waals surface area contributed by atoms with Crippen LogP contribution in [0.1, 0.15) is 19.3 Å². The largest absolute Gasteiger partial charge is 0.355 e. The number of carbonyl (C=O) groups excluding carboxylic acids is 1. The lowest BCUT2D eigenvalue weighted by atomic mass is 10.2. The second-order valence-corrected chi connectivity index (χ2v) is 4.45. The summed E-state index contributed by atoms with van der Waals surface area (Å²) in [5.41, 5.74) is 0. The standard InChI is InChI=1S/C11H23N3O/c1-13(2)7-4-9-14-8-3-5-11(15)12-6-10-14/h3-10H2,1-2H3,(H,12,15). The topological polar surface area (TPSA) is 35.6 Å². The zero-order chi connectivity index (χ0) is 11.1. The summed E-state index contributed by atoms with van der Waals surface area (Å²) in [4.78, 5) is 15.8. The fourth-order valence-electron chi connectivity index (χ4n) is 1.85. The number of carbonyl (C=O) groups is 1. The summed E-state index contributed by atoms with van der Waals surface area (Å²) in [6, 6.07) is 0. The summed E-state index contributed by atoms with van der Waals surface area (Å²) in [5, 5.41) is 2.92. The molecule has 1 aliphatic heterocycles. The maximum Gasteiger partial charge on any atom is 0.220 e. The number of hydrogen-bond donors (Lipinski definition) is 1. The summed E-state index contributed by atoms with van der Waals surface area (Å²) < 4.78 is 0. The van der Waals surface area contributed by atoms with E-state index >= 15 is 0 Å². The molecule has 4 heteroatoms. The first kappa shape index (κ1) is 12.5. The lowest BCUT2D eigenvalue weighted by Gasteiger charge is -2.25. The molecule has 1 amide bonds. The zero-order valence-corrected chi connectivity index (χ0v) is 9.96. The summed E-state index contributed by atoms with van der Waals surface area (Å²) in [6.45, 7) is 5.16. The van der Waals surface area contributed by atoms with Crippen molar-refractivity contribution in [1.29, 1.82) is 0 Å². The van der Waals surface area contributed by atoms with Crippen LogP contribution >= 0.6 is 0 Å². The van der Waals surface area contributed by atoms with Gasteiger partial charge in [0.2, 0.25) is 5.91 Å². The molecule has 1 fully saturated rings. The van der Waals surface area contributed by atoms with E-state index in [0.29, 0.717) is 6.42 Å². The highest BCUT2D eigenvalue weighted by Crippen LogP contribution is 2.00. The minimum Gasteiger partial charge on any atom is -0.355 e. The van der Waals surface area contributed by atoms with Gasteiger partial charge in [0.1, 0.15) is 0 Å². The molecule has 0 saturated carbocycles. The molecule has 1 heterocycles. The van der Waals surface area contributed by atoms with E-state index in [1.165, 1.54) is 6.42 Å². The number of hydrogen-bond acceptors (Lipinski definition) is 3. The molecule has 0 aromatic rings. The lowest BCUT2D eigenvalue weighted by molar-refractivity contribution is -0.121. The molecule has 1 N–H and O–H groups in total. The van der Waals surface area contributed by atoms with Gasteiger partial charge in [-0.3, -0.25) is 4.79 Å². The molecule has 0 aliphatic carbocycles. The average molecular weight is 213 g/mol. The molecule has 15 heavy (non-hydrogen) atoms. The van der Waals surface area contributed by atoms with Gasteiger partial charge in [0, 0.05) is 19.5 Å². The minimum atomic E-state index is 0.211. The maximum absolute atomic E-state index is 11.1. The van der Waals surface area contributed by atoms with E-state index < -0.39 is 0 Å². The normalized spacial score (nSPS) is 19.8. The molecule has 1 aliphatic rings. The number of rotatable bonds is 4. The molecule has 1 rings (SSSR count). The highest BCUT2D eigenvalue weighted by atomic mass is 16.1. The van der Waals surface area contributed by atoms with Gasteiger partial charge in [0.25, 0.3) is 0 Å². The molecule has 1 saturated heterocycles. The Hall–Kier alpha value is -0.610. The first-order valence-electron chi connectivity index (χ1n) is 5.82. The van der Waals surface area contributed by atoms with Crippen LogP contribution in [0, 0.1) is 0 Å². The van der Waals surface area contributed by atoms with E-state index in [9.17, 15) is 4.79 Å². The van der Waals surface area contributed by atoms with Gasteiger partial charge in [0.15, 0.2) is 0 Å². The monoisotopic (exact) mass is 213 g/mol. The Morgan fingerprint density at radius 2 is 2.20 bits per heavy atom. The number of nitrogens with one attached hydrogen (secondary N) is 1. The van der Waals surface area contributed by atoms with Gasteiger partial charge >= 0.3 is 0 Å². The van der Waals surface area contributed by atoms with Crippen LogP contribution in [0.4, 0.5) is 0 Å². The van der Waals surface area contributed by atoms with Gasteiger partial charge in [-0.1, -0.05) is 0 Å². The molecule has 0 radical (unpaired) electrons. The van der Waals surface area contributed by atoms with Crippen LogP contribution in [0.15, 0.2) is 0 Å². The van der Waals surface area contributed by atoms with Crippen LogP contribution in [-0.4, -0.2) is 62.5 Å². The third kappa shape index (κ3) is 5.74. The maximum atomic E-state index is 11.1. The minimum absolute atomic E-state index is 0.211. The first-order chi connectivity index (χ1) is 7.18. The fourth-order valence-corrected chi connectivity index (χ4v) is 1.85. The molecule has 0 atom stereocenters. The van der Waals surface area contributed by atoms with Gasteiger partial charge in [-0.2, -0.15) is 0 Å². The quantitative estimate of drug-likeness (QED) is 0.722. The van der Waals surface area contributed by atoms with Crippen LogP contribution in [0.5, 0.6) is 0 Å². The Morgan fingerprint density at radius 3 is 2.93 bits per heavy atom. The Balaban J connectivity index is 2.15. The van der Waals surface area contributed by atoms with Crippen molar-refractivity contribution in [2.45, 2.75) is 19.3 Å². The third-order valence-corrected chi connectivity index (χ3v) is 2.71. The van der Waals surface area contributed by atoms with E-state index in [1.807, 2.05) is 0 Å². The van der Waals surface area contributed by atoms with Crippen molar-refractivity contribution in [1.82, 2.24) is 15.1 Å². The van der Waals surface area contributed by atoms with E-state index in [2.05, 4.69) is 29.2 Å². The first-order valence-corrected chi connectivity index (χ1v) is 5.82. The third-order valence-electron chi connectivity index (χ3n) is 2.71. The number of amides is 1. The van der Waals surface area contributed by atoms with Gasteiger partial charge in [-0.05, 0) is 46.6 Å². The van der Waals surface area contributed by atoms with Crippen molar-refractivity contribution in [2.24, 2.45) is 0 Å². The average Bonchev–Trinajstić information content (AvgIpc) is 2.13. The Bertz CT molecular complexity index is 182. The van der Waals surface area contributed by atoms with Crippen molar-refractivity contribution in [3.63, 3.8) is 0 Å². The summed E-state index contributed by atoms with van der Waals surface area (Å²) in [6.07, 6.45) is 2.89. The van der Waals surface area contributed by atoms with Crippen LogP contribution in [0.2, 0.25) is 0 Å². The zero-order valence-electron chi connectivity index (χ0n) is 9.96. The SMILES string of the molecule is CN(C)CCCN1CCCC(=O)NCC1. The Morgan fingerprint density at radius 1 is 1.40 bits per heavy atom. The highest BCUT2D eigenvalue weighted by Gasteiger charge is 2.10. The van der Waals surface area contributed by atoms with Crippen molar-refractivity contribution in [3.8, 4) is 0 Å². The molecular weight excluding hydrogens is 190 g/mol. The molecule has 0 unspecified atom stereocenters. The van der Waals surface area contributed by atoms with Crippen LogP contribution < -0.4 is 5.32 Å². The predicted molar refractivity (Wildman–Crippen MR) is 61.9 cm³/mol. The molecule has 0 aromatic heterocycles. The van der Waals surface area contributed by atoms with E-state index in [1.54, 1.807) is 0 Å². The smallest absolute Gasteiger partial charge is 0.220 e. The van der Waals surface area contributed by atoms with Crippen LogP contribution in [0.25, 0.3) is 0 Å². The van der Waals surface area contributed by atoms with Crippen molar-refractivity contribution >= 4 is 5.91 Å². The highest BCUT2D eigenvalue weighted by molar-refractivity contribution is 5.75. The molecule has 0 aromatic carbocycles. The second-order valence-electron chi connectivity index (χ2n) is 4.45. The van der Waals surface area contributed by atoms with E-state index in [-0.39, 0.29) is 5.91 Å². The van der Waals surface area contributed by atoms with E-state index in [4.69, 9.17) is 0 Å². The number of nitrogens with zero attached hydrogens (tertiary/aromatic N) is 2. The van der Waals surface area contributed by atoms with Gasteiger partial charge < -0.3 is 15.1 Å². The molecule has 4 nitrogen and oxygen atoms in total. The van der Waals surface area contributed by atoms with Crippen molar-refractivity contribution in [3.05, 3.63) is 0 Å². The van der Waals surface area contributed by atoms with Gasteiger partial charge in [-0.15, -0.1) is 0 Å². The predicted octanol–water partition coefficient (Wildman–Crippen LogP) is 0.150. The summed E-state index contributed by atoms with van der Waals surface area (Å²) in [5.74, 6) is 0.211. The molecule has 0 spiro atoms.